The van der Waals surface area contributed by atoms with Crippen LogP contribution in [-0.4, -0.2) is 36.0 Å². The summed E-state index contributed by atoms with van der Waals surface area (Å²) in [5.41, 5.74) is 0. The number of carbonyl (C=O) groups is 1. The molecule has 0 rings (SSSR count). The molecule has 0 amide bonds. The number of rotatable bonds is 4. The van der Waals surface area contributed by atoms with E-state index >= 15 is 0 Å². The molecule has 0 aliphatic rings. The van der Waals surface area contributed by atoms with Crippen molar-refractivity contribution >= 4 is 5.78 Å². The molecule has 0 bridgehead atoms. The van der Waals surface area contributed by atoms with Gasteiger partial charge in [0.2, 0.25) is 0 Å². The van der Waals surface area contributed by atoms with Gasteiger partial charge in [0, 0.05) is 0 Å². The SMILES string of the molecule is N#CC(=O)C(F)(OC(F)(F)C(F)(F)C(F)(F)F)C(F)(F)F. The summed E-state index contributed by atoms with van der Waals surface area (Å²) in [7, 11) is 0. The van der Waals surface area contributed by atoms with Gasteiger partial charge in [-0.1, -0.05) is 0 Å². The van der Waals surface area contributed by atoms with E-state index in [0.29, 0.717) is 0 Å². The van der Waals surface area contributed by atoms with Crippen LogP contribution in [0.4, 0.5) is 48.3 Å². The van der Waals surface area contributed by atoms with Gasteiger partial charge >= 0.3 is 36.0 Å². The number of hydrogen-bond donors (Lipinski definition) is 0. The fraction of sp³-hybridized carbons (Fsp3) is 0.714. The third kappa shape index (κ3) is 3.17. The standard InChI is InChI=1S/C7F11NO2/c8-3(2(20)1-19,5(11,12)13)21-7(17,18)4(9,10)6(14,15)16. The van der Waals surface area contributed by atoms with Gasteiger partial charge in [0.1, 0.15) is 6.07 Å². The number of hydrogen-bond acceptors (Lipinski definition) is 3. The molecule has 0 aromatic heterocycles. The number of nitrogens with zero attached hydrogens (tertiary/aromatic N) is 1. The van der Waals surface area contributed by atoms with Gasteiger partial charge in [-0.05, 0) is 0 Å². The summed E-state index contributed by atoms with van der Waals surface area (Å²) in [4.78, 5) is 10.3. The molecule has 0 aliphatic heterocycles. The van der Waals surface area contributed by atoms with Crippen LogP contribution in [0, 0.1) is 11.3 Å². The van der Waals surface area contributed by atoms with Crippen molar-refractivity contribution in [2.45, 2.75) is 30.2 Å². The maximum Gasteiger partial charge on any atom is 0.462 e. The highest BCUT2D eigenvalue weighted by Gasteiger charge is 2.79. The number of alkyl halides is 11. The van der Waals surface area contributed by atoms with E-state index in [-0.39, 0.29) is 6.07 Å². The van der Waals surface area contributed by atoms with E-state index in [2.05, 4.69) is 0 Å². The molecule has 0 heterocycles. The van der Waals surface area contributed by atoms with E-state index in [1.165, 1.54) is 0 Å². The molecule has 122 valence electrons. The summed E-state index contributed by atoms with van der Waals surface area (Å²) in [5.74, 6) is -17.1. The highest BCUT2D eigenvalue weighted by Crippen LogP contribution is 2.51. The lowest BCUT2D eigenvalue weighted by Gasteiger charge is -2.32. The Labute approximate surface area is 106 Å². The molecule has 0 aliphatic carbocycles. The lowest BCUT2D eigenvalue weighted by Crippen LogP contribution is -2.61. The average molecular weight is 339 g/mol. The lowest BCUT2D eigenvalue weighted by molar-refractivity contribution is -0.472. The molecule has 0 aromatic carbocycles. The largest absolute Gasteiger partial charge is 0.462 e. The molecule has 3 nitrogen and oxygen atoms in total. The summed E-state index contributed by atoms with van der Waals surface area (Å²) in [6, 6.07) is -0.194. The summed E-state index contributed by atoms with van der Waals surface area (Å²) in [6.07, 6.45) is -21.1. The van der Waals surface area contributed by atoms with Gasteiger partial charge in [-0.3, -0.25) is 9.53 Å². The first-order chi connectivity index (χ1) is 8.94. The second kappa shape index (κ2) is 4.97. The Morgan fingerprint density at radius 2 is 1.19 bits per heavy atom. The van der Waals surface area contributed by atoms with Crippen LogP contribution in [0.15, 0.2) is 0 Å². The van der Waals surface area contributed by atoms with Crippen LogP contribution in [0.1, 0.15) is 0 Å². The van der Waals surface area contributed by atoms with Crippen molar-refractivity contribution in [2.75, 3.05) is 0 Å². The summed E-state index contributed by atoms with van der Waals surface area (Å²) in [5, 5.41) is 7.72. The lowest BCUT2D eigenvalue weighted by atomic mass is 10.2. The highest BCUT2D eigenvalue weighted by atomic mass is 19.4. The van der Waals surface area contributed by atoms with Gasteiger partial charge in [0.25, 0.3) is 0 Å². The number of ether oxygens (including phenoxy) is 1. The summed E-state index contributed by atoms with van der Waals surface area (Å²) < 4.78 is 135. The highest BCUT2D eigenvalue weighted by molar-refractivity contribution is 5.99. The second-order valence-corrected chi connectivity index (χ2v) is 3.22. The molecule has 0 N–H and O–H groups in total. The Bertz CT molecular complexity index is 459. The predicted molar refractivity (Wildman–Crippen MR) is 37.5 cm³/mol. The molecule has 1 unspecified atom stereocenters. The first-order valence-electron chi connectivity index (χ1n) is 4.16. The van der Waals surface area contributed by atoms with Gasteiger partial charge in [-0.2, -0.15) is 53.6 Å². The molecule has 0 aromatic rings. The Balaban J connectivity index is 5.89. The van der Waals surface area contributed by atoms with Crippen LogP contribution < -0.4 is 0 Å². The minimum atomic E-state index is -7.27. The fourth-order valence-electron chi connectivity index (χ4n) is 0.711. The van der Waals surface area contributed by atoms with Crippen molar-refractivity contribution in [1.29, 1.82) is 5.26 Å². The quantitative estimate of drug-likeness (QED) is 0.584. The van der Waals surface area contributed by atoms with E-state index in [9.17, 15) is 53.1 Å². The van der Waals surface area contributed by atoms with Crippen molar-refractivity contribution in [1.82, 2.24) is 0 Å². The maximum absolute atomic E-state index is 13.0. The molecular weight excluding hydrogens is 339 g/mol. The van der Waals surface area contributed by atoms with Crippen LogP contribution in [0.5, 0.6) is 0 Å². The Hall–Kier alpha value is -1.65. The van der Waals surface area contributed by atoms with Crippen molar-refractivity contribution < 1.29 is 57.8 Å². The summed E-state index contributed by atoms with van der Waals surface area (Å²) in [6.45, 7) is 0. The van der Waals surface area contributed by atoms with Crippen molar-refractivity contribution in [3.63, 3.8) is 0 Å². The Morgan fingerprint density at radius 1 is 0.810 bits per heavy atom. The van der Waals surface area contributed by atoms with Crippen molar-refractivity contribution in [3.8, 4) is 6.07 Å². The van der Waals surface area contributed by atoms with E-state index < -0.39 is 36.0 Å². The molecule has 0 spiro atoms. The van der Waals surface area contributed by atoms with E-state index in [1.807, 2.05) is 0 Å². The zero-order valence-electron chi connectivity index (χ0n) is 8.92. The molecule has 0 saturated heterocycles. The molecule has 14 heteroatoms. The smallest absolute Gasteiger partial charge is 0.276 e. The topological polar surface area (TPSA) is 50.1 Å². The van der Waals surface area contributed by atoms with Gasteiger partial charge < -0.3 is 0 Å². The third-order valence-corrected chi connectivity index (χ3v) is 1.75. The second-order valence-electron chi connectivity index (χ2n) is 3.22. The number of nitriles is 1. The van der Waals surface area contributed by atoms with E-state index in [1.54, 1.807) is 4.74 Å². The fourth-order valence-corrected chi connectivity index (χ4v) is 0.711. The number of carbonyl (C=O) groups excluding carboxylic acids is 1. The zero-order valence-corrected chi connectivity index (χ0v) is 8.92. The average Bonchev–Trinajstić information content (AvgIpc) is 2.23. The molecule has 0 radical (unpaired) electrons. The van der Waals surface area contributed by atoms with Crippen molar-refractivity contribution in [3.05, 3.63) is 0 Å². The van der Waals surface area contributed by atoms with E-state index in [4.69, 9.17) is 5.26 Å². The van der Waals surface area contributed by atoms with Crippen LogP contribution in [0.2, 0.25) is 0 Å². The van der Waals surface area contributed by atoms with Crippen LogP contribution in [-0.2, 0) is 9.53 Å². The third-order valence-electron chi connectivity index (χ3n) is 1.75. The number of ketones is 1. The molecule has 0 saturated carbocycles. The van der Waals surface area contributed by atoms with Crippen LogP contribution in [0.25, 0.3) is 0 Å². The maximum atomic E-state index is 13.0. The monoisotopic (exact) mass is 339 g/mol. The van der Waals surface area contributed by atoms with Crippen LogP contribution in [0.3, 0.4) is 0 Å². The van der Waals surface area contributed by atoms with Crippen molar-refractivity contribution in [2.24, 2.45) is 0 Å². The van der Waals surface area contributed by atoms with Gasteiger partial charge in [0.05, 0.1) is 0 Å². The van der Waals surface area contributed by atoms with Gasteiger partial charge in [-0.15, -0.1) is 0 Å². The normalized spacial score (nSPS) is 17.0. The minimum Gasteiger partial charge on any atom is -0.276 e. The van der Waals surface area contributed by atoms with E-state index in [0.717, 1.165) is 0 Å². The molecule has 0 fully saturated rings. The number of halogens is 11. The Morgan fingerprint density at radius 3 is 1.43 bits per heavy atom. The Kier molecular flexibility index (Phi) is 4.58. The number of Topliss-reactive ketones (excluding diaryl/α,β-unsaturated/α-hetero) is 1. The summed E-state index contributed by atoms with van der Waals surface area (Å²) >= 11 is 0. The first kappa shape index (κ1) is 19.3. The van der Waals surface area contributed by atoms with Gasteiger partial charge in [0.15, 0.2) is 0 Å². The molecular formula is C7F11NO2. The minimum absolute atomic E-state index is 0.194. The van der Waals surface area contributed by atoms with Crippen LogP contribution >= 0.6 is 0 Å². The van der Waals surface area contributed by atoms with Gasteiger partial charge in [-0.25, -0.2) is 0 Å². The molecule has 1 atom stereocenters. The molecule has 21 heavy (non-hydrogen) atoms. The predicted octanol–water partition coefficient (Wildman–Crippen LogP) is 3.11. The first-order valence-corrected chi connectivity index (χ1v) is 4.16. The zero-order chi connectivity index (χ0) is 17.5.